The number of esters is 1. The normalized spacial score (nSPS) is 11.1. The molecular weight excluding hydrogens is 613 g/mol. The molecule has 5 rings (SSSR count). The first-order chi connectivity index (χ1) is 20.9. The minimum Gasteiger partial charge on any atom is -0.477 e. The second-order valence-electron chi connectivity index (χ2n) is 9.33. The van der Waals surface area contributed by atoms with Crippen LogP contribution < -0.4 is 33.0 Å². The lowest BCUT2D eigenvalue weighted by atomic mass is 10.1. The highest BCUT2D eigenvalue weighted by Gasteiger charge is 2.20. The van der Waals surface area contributed by atoms with Gasteiger partial charge in [-0.15, -0.1) is 12.4 Å². The van der Waals surface area contributed by atoms with Crippen molar-refractivity contribution in [1.82, 2.24) is 19.7 Å². The molecule has 2 aromatic heterocycles. The highest BCUT2D eigenvalue weighted by molar-refractivity contribution is 5.96. The number of hydrogen-bond acceptors (Lipinski definition) is 11. The molecular formula is C29H27ClFN7O7. The Labute approximate surface area is 260 Å². The fourth-order valence-corrected chi connectivity index (χ4v) is 4.03. The molecule has 16 heteroatoms. The fourth-order valence-electron chi connectivity index (χ4n) is 4.03. The number of anilines is 3. The topological polar surface area (TPSA) is 221 Å². The van der Waals surface area contributed by atoms with Gasteiger partial charge < -0.3 is 31.9 Å². The van der Waals surface area contributed by atoms with Gasteiger partial charge in [0.05, 0.1) is 24.4 Å². The van der Waals surface area contributed by atoms with Gasteiger partial charge in [-0.05, 0) is 42.3 Å². The predicted octanol–water partition coefficient (Wildman–Crippen LogP) is 2.33. The molecule has 14 nitrogen and oxygen atoms in total. The number of ether oxygens (including phenoxy) is 1. The third-order valence-corrected chi connectivity index (χ3v) is 6.48. The molecule has 0 bridgehead atoms. The number of carboxylic acids is 1. The van der Waals surface area contributed by atoms with Crippen molar-refractivity contribution < 1.29 is 28.6 Å². The molecule has 0 fully saturated rings. The lowest BCUT2D eigenvalue weighted by Gasteiger charge is -2.15. The SMILES string of the molecule is COC(=O)c1ccc([C@H](C)NC(=O)c2cc(C(=O)O)n3ccnc3n2)cc1.Cl.NCc1ccc(F)c(Nc2c(N)c(=O)c2=O)c1. The van der Waals surface area contributed by atoms with E-state index in [-0.39, 0.29) is 53.2 Å². The maximum absolute atomic E-state index is 13.4. The van der Waals surface area contributed by atoms with Gasteiger partial charge in [-0.2, -0.15) is 0 Å². The number of nitrogens with zero attached hydrogens (tertiary/aromatic N) is 3. The third kappa shape index (κ3) is 7.29. The average molecular weight is 640 g/mol. The standard InChI is InChI=1S/C18H16N4O5.C11H10FN3O2.ClH/c1-10(11-3-5-12(6-4-11)17(26)27-2)20-15(23)13-9-14(16(24)25)22-8-7-19-18(22)21-13;12-6-2-1-5(4-13)3-7(6)15-9-8(14)10(16)11(9)17;/h3-10H,1-2H3,(H,20,23)(H,24,25);1-3,15H,4,13-14H2;1H/t10-;;/m0../s1. The van der Waals surface area contributed by atoms with Crippen molar-refractivity contribution in [3.05, 3.63) is 115 Å². The van der Waals surface area contributed by atoms with Crippen LogP contribution in [-0.2, 0) is 11.3 Å². The van der Waals surface area contributed by atoms with Gasteiger partial charge in [0.15, 0.2) is 0 Å². The first kappa shape index (κ1) is 33.8. The molecule has 0 aliphatic rings. The van der Waals surface area contributed by atoms with Gasteiger partial charge in [-0.1, -0.05) is 18.2 Å². The largest absolute Gasteiger partial charge is 0.477 e. The van der Waals surface area contributed by atoms with Crippen molar-refractivity contribution in [2.45, 2.75) is 19.5 Å². The number of fused-ring (bicyclic) bond motifs is 1. The van der Waals surface area contributed by atoms with Gasteiger partial charge in [0.1, 0.15) is 28.6 Å². The Morgan fingerprint density at radius 2 is 1.78 bits per heavy atom. The molecule has 0 saturated carbocycles. The van der Waals surface area contributed by atoms with Crippen molar-refractivity contribution in [3.63, 3.8) is 0 Å². The van der Waals surface area contributed by atoms with Crippen LogP contribution in [0.2, 0.25) is 0 Å². The second kappa shape index (κ2) is 14.2. The molecule has 0 aliphatic heterocycles. The average Bonchev–Trinajstić information content (AvgIpc) is 3.52. The van der Waals surface area contributed by atoms with Gasteiger partial charge in [0.2, 0.25) is 5.78 Å². The lowest BCUT2D eigenvalue weighted by molar-refractivity contribution is 0.0599. The molecule has 5 aromatic rings. The summed E-state index contributed by atoms with van der Waals surface area (Å²) in [6, 6.07) is 11.6. The van der Waals surface area contributed by atoms with Crippen molar-refractivity contribution >= 4 is 53.1 Å². The number of aromatic carboxylic acids is 1. The van der Waals surface area contributed by atoms with E-state index in [0.29, 0.717) is 11.1 Å². The molecule has 0 unspecified atom stereocenters. The smallest absolute Gasteiger partial charge is 0.353 e. The van der Waals surface area contributed by atoms with E-state index >= 15 is 0 Å². The van der Waals surface area contributed by atoms with Crippen molar-refractivity contribution in [2.75, 3.05) is 18.2 Å². The summed E-state index contributed by atoms with van der Waals surface area (Å²) in [5, 5.41) is 14.6. The summed E-state index contributed by atoms with van der Waals surface area (Å²) in [6.07, 6.45) is 2.86. The van der Waals surface area contributed by atoms with E-state index in [0.717, 1.165) is 5.56 Å². The highest BCUT2D eigenvalue weighted by Crippen LogP contribution is 2.22. The molecule has 0 radical (unpaired) electrons. The van der Waals surface area contributed by atoms with E-state index in [1.54, 1.807) is 31.2 Å². The van der Waals surface area contributed by atoms with Gasteiger partial charge in [-0.25, -0.2) is 23.9 Å². The number of amides is 1. The van der Waals surface area contributed by atoms with E-state index in [9.17, 15) is 33.5 Å². The second-order valence-corrected chi connectivity index (χ2v) is 9.33. The summed E-state index contributed by atoms with van der Waals surface area (Å²) in [7, 11) is 1.30. The minimum absolute atomic E-state index is 0. The van der Waals surface area contributed by atoms with Crippen LogP contribution in [0.1, 0.15) is 55.4 Å². The maximum Gasteiger partial charge on any atom is 0.353 e. The summed E-state index contributed by atoms with van der Waals surface area (Å²) in [6.45, 7) is 2.01. The number of imidazole rings is 1. The zero-order valence-corrected chi connectivity index (χ0v) is 24.6. The third-order valence-electron chi connectivity index (χ3n) is 6.48. The molecule has 3 aromatic carbocycles. The van der Waals surface area contributed by atoms with Gasteiger partial charge in [0.25, 0.3) is 16.8 Å². The number of nitrogens with two attached hydrogens (primary N) is 2. The first-order valence-electron chi connectivity index (χ1n) is 12.9. The van der Waals surface area contributed by atoms with Crippen LogP contribution >= 0.6 is 12.4 Å². The van der Waals surface area contributed by atoms with E-state index in [2.05, 4.69) is 25.3 Å². The zero-order valence-electron chi connectivity index (χ0n) is 23.7. The van der Waals surface area contributed by atoms with Gasteiger partial charge in [-0.3, -0.25) is 18.8 Å². The number of carbonyl (C=O) groups is 3. The number of rotatable bonds is 8. The minimum atomic E-state index is -1.19. The molecule has 2 heterocycles. The lowest BCUT2D eigenvalue weighted by Crippen LogP contribution is -2.36. The van der Waals surface area contributed by atoms with Crippen LogP contribution in [0.25, 0.3) is 5.78 Å². The molecule has 0 saturated heterocycles. The zero-order chi connectivity index (χ0) is 32.1. The summed E-state index contributed by atoms with van der Waals surface area (Å²) in [5.41, 5.74) is 10.8. The number of aromatic nitrogens is 3. The van der Waals surface area contributed by atoms with Crippen LogP contribution in [0.15, 0.2) is 70.5 Å². The summed E-state index contributed by atoms with van der Waals surface area (Å²) in [5.74, 6) is -2.60. The van der Waals surface area contributed by atoms with Crippen molar-refractivity contribution in [2.24, 2.45) is 5.73 Å². The molecule has 1 atom stereocenters. The number of methoxy groups -OCH3 is 1. The molecule has 1 amide bonds. The predicted molar refractivity (Wildman–Crippen MR) is 164 cm³/mol. The van der Waals surface area contributed by atoms with Crippen molar-refractivity contribution in [1.29, 1.82) is 0 Å². The Kier molecular flexibility index (Phi) is 10.7. The number of halogens is 2. The number of hydrogen-bond donors (Lipinski definition) is 5. The highest BCUT2D eigenvalue weighted by atomic mass is 35.5. The first-order valence-corrected chi connectivity index (χ1v) is 12.9. The maximum atomic E-state index is 13.4. The van der Waals surface area contributed by atoms with Crippen LogP contribution in [-0.4, -0.2) is 44.4 Å². The number of nitrogen functional groups attached to an aromatic ring is 1. The van der Waals surface area contributed by atoms with Crippen LogP contribution in [0.5, 0.6) is 0 Å². The summed E-state index contributed by atoms with van der Waals surface area (Å²) >= 11 is 0. The summed E-state index contributed by atoms with van der Waals surface area (Å²) < 4.78 is 19.3. The Bertz CT molecular complexity index is 1950. The molecule has 0 aliphatic carbocycles. The molecule has 234 valence electrons. The number of benzene rings is 2. The molecule has 0 spiro atoms. The van der Waals surface area contributed by atoms with Gasteiger partial charge in [0, 0.05) is 25.0 Å². The van der Waals surface area contributed by atoms with E-state index < -0.39 is 40.6 Å². The number of carboxylic acid groups (broad SMARTS) is 1. The Morgan fingerprint density at radius 1 is 1.09 bits per heavy atom. The number of carbonyl (C=O) groups excluding carboxylic acids is 2. The van der Waals surface area contributed by atoms with E-state index in [1.165, 1.54) is 48.2 Å². The molecule has 7 N–H and O–H groups in total. The van der Waals surface area contributed by atoms with Crippen LogP contribution in [0.4, 0.5) is 21.5 Å². The van der Waals surface area contributed by atoms with E-state index in [4.69, 9.17) is 11.5 Å². The van der Waals surface area contributed by atoms with E-state index in [1.807, 2.05) is 0 Å². The Hall–Kier alpha value is -5.67. The quantitative estimate of drug-likeness (QED) is 0.122. The monoisotopic (exact) mass is 639 g/mol. The van der Waals surface area contributed by atoms with Crippen LogP contribution in [0, 0.1) is 5.82 Å². The van der Waals surface area contributed by atoms with Gasteiger partial charge >= 0.3 is 11.9 Å². The van der Waals surface area contributed by atoms with Crippen LogP contribution in [0.3, 0.4) is 0 Å². The Balaban J connectivity index is 0.000000265. The summed E-state index contributed by atoms with van der Waals surface area (Å²) in [4.78, 5) is 65.4. The Morgan fingerprint density at radius 3 is 2.38 bits per heavy atom. The molecule has 45 heavy (non-hydrogen) atoms. The fraction of sp³-hybridized carbons (Fsp3) is 0.138. The van der Waals surface area contributed by atoms with Crippen molar-refractivity contribution in [3.8, 4) is 0 Å². The number of nitrogens with one attached hydrogen (secondary N) is 2.